The lowest BCUT2D eigenvalue weighted by Crippen LogP contribution is -2.29. The number of hydrogen-bond acceptors (Lipinski definition) is 5. The standard InChI is InChI=1S/C32H27NO5/c1-21-19-24(15-18-27(21)38-20-22-9-5-3-6-10-22)30(34)28-29(23-13-16-26(37-2)17-14-23)33(32(36)31(28)35)25-11-7-4-8-12-25/h3-19,29,34H,20H2,1-2H3/b30-28-. The van der Waals surface area contributed by atoms with E-state index in [1.165, 1.54) is 4.90 Å². The Bertz CT molecular complexity index is 1490. The van der Waals surface area contributed by atoms with Crippen LogP contribution in [0.2, 0.25) is 0 Å². The first-order valence-electron chi connectivity index (χ1n) is 12.3. The van der Waals surface area contributed by atoms with Gasteiger partial charge in [-0.15, -0.1) is 0 Å². The predicted octanol–water partition coefficient (Wildman–Crippen LogP) is 6.21. The van der Waals surface area contributed by atoms with Gasteiger partial charge in [-0.25, -0.2) is 0 Å². The summed E-state index contributed by atoms with van der Waals surface area (Å²) in [5.74, 6) is -0.360. The van der Waals surface area contributed by atoms with E-state index in [9.17, 15) is 14.7 Å². The zero-order valence-corrected chi connectivity index (χ0v) is 21.1. The fraction of sp³-hybridized carbons (Fsp3) is 0.125. The molecule has 4 aromatic carbocycles. The van der Waals surface area contributed by atoms with Gasteiger partial charge in [0.2, 0.25) is 0 Å². The van der Waals surface area contributed by atoms with E-state index < -0.39 is 17.7 Å². The van der Waals surface area contributed by atoms with Gasteiger partial charge in [-0.1, -0.05) is 60.7 Å². The van der Waals surface area contributed by atoms with Crippen molar-refractivity contribution < 1.29 is 24.2 Å². The van der Waals surface area contributed by atoms with Crippen LogP contribution in [0, 0.1) is 6.92 Å². The fourth-order valence-corrected chi connectivity index (χ4v) is 4.64. The number of methoxy groups -OCH3 is 1. The van der Waals surface area contributed by atoms with Crippen LogP contribution >= 0.6 is 0 Å². The van der Waals surface area contributed by atoms with E-state index in [4.69, 9.17) is 9.47 Å². The quantitative estimate of drug-likeness (QED) is 0.184. The van der Waals surface area contributed by atoms with Crippen LogP contribution < -0.4 is 14.4 Å². The molecule has 38 heavy (non-hydrogen) atoms. The number of ketones is 1. The first kappa shape index (κ1) is 24.8. The number of anilines is 1. The van der Waals surface area contributed by atoms with Crippen LogP contribution in [0.25, 0.3) is 5.76 Å². The number of hydrogen-bond donors (Lipinski definition) is 1. The summed E-state index contributed by atoms with van der Waals surface area (Å²) in [7, 11) is 1.57. The molecule has 1 N–H and O–H groups in total. The SMILES string of the molecule is COc1ccc(C2/C(=C(/O)c3ccc(OCc4ccccc4)c(C)c3)C(=O)C(=O)N2c2ccccc2)cc1. The van der Waals surface area contributed by atoms with E-state index in [1.807, 2.05) is 43.3 Å². The maximum atomic E-state index is 13.4. The molecule has 0 radical (unpaired) electrons. The van der Waals surface area contributed by atoms with Gasteiger partial charge in [0.1, 0.15) is 23.9 Å². The maximum Gasteiger partial charge on any atom is 0.300 e. The third kappa shape index (κ3) is 4.76. The Hall–Kier alpha value is -4.84. The van der Waals surface area contributed by atoms with Gasteiger partial charge in [0.25, 0.3) is 11.7 Å². The largest absolute Gasteiger partial charge is 0.507 e. The van der Waals surface area contributed by atoms with Gasteiger partial charge in [-0.05, 0) is 66.1 Å². The summed E-state index contributed by atoms with van der Waals surface area (Å²) in [6, 6.07) is 30.4. The van der Waals surface area contributed by atoms with Crippen LogP contribution in [0.1, 0.15) is 28.3 Å². The summed E-state index contributed by atoms with van der Waals surface area (Å²) >= 11 is 0. The van der Waals surface area contributed by atoms with Crippen molar-refractivity contribution in [2.75, 3.05) is 12.0 Å². The van der Waals surface area contributed by atoms with Crippen LogP contribution in [0.3, 0.4) is 0 Å². The molecular formula is C32H27NO5. The van der Waals surface area contributed by atoms with Crippen molar-refractivity contribution in [3.05, 3.63) is 131 Å². The molecule has 1 amide bonds. The van der Waals surface area contributed by atoms with E-state index in [-0.39, 0.29) is 11.3 Å². The molecule has 4 aromatic rings. The van der Waals surface area contributed by atoms with Crippen LogP contribution in [0.4, 0.5) is 5.69 Å². The minimum absolute atomic E-state index is 0.0290. The van der Waals surface area contributed by atoms with E-state index in [1.54, 1.807) is 73.8 Å². The highest BCUT2D eigenvalue weighted by Gasteiger charge is 2.46. The number of carbonyl (C=O) groups excluding carboxylic acids is 2. The molecule has 1 fully saturated rings. The summed E-state index contributed by atoms with van der Waals surface area (Å²) in [5.41, 5.74) is 3.54. The van der Waals surface area contributed by atoms with Gasteiger partial charge in [-0.3, -0.25) is 14.5 Å². The summed E-state index contributed by atoms with van der Waals surface area (Å²) in [6.45, 7) is 2.29. The Morgan fingerprint density at radius 3 is 2.16 bits per heavy atom. The molecule has 1 saturated heterocycles. The molecule has 1 aliphatic rings. The van der Waals surface area contributed by atoms with Crippen molar-refractivity contribution in [2.24, 2.45) is 0 Å². The van der Waals surface area contributed by atoms with Gasteiger partial charge in [0.05, 0.1) is 18.7 Å². The number of aliphatic hydroxyl groups excluding tert-OH is 1. The normalized spacial score (nSPS) is 16.5. The summed E-state index contributed by atoms with van der Waals surface area (Å²) in [6.07, 6.45) is 0. The lowest BCUT2D eigenvalue weighted by atomic mass is 9.94. The minimum atomic E-state index is -0.808. The summed E-state index contributed by atoms with van der Waals surface area (Å²) in [5, 5.41) is 11.4. The van der Waals surface area contributed by atoms with E-state index in [0.29, 0.717) is 34.9 Å². The number of aryl methyl sites for hydroxylation is 1. The number of benzene rings is 4. The number of para-hydroxylation sites is 1. The third-order valence-corrected chi connectivity index (χ3v) is 6.60. The highest BCUT2D eigenvalue weighted by Crippen LogP contribution is 2.42. The molecule has 0 aromatic heterocycles. The van der Waals surface area contributed by atoms with Crippen molar-refractivity contribution in [3.8, 4) is 11.5 Å². The number of nitrogens with zero attached hydrogens (tertiary/aromatic N) is 1. The summed E-state index contributed by atoms with van der Waals surface area (Å²) < 4.78 is 11.3. The number of carbonyl (C=O) groups is 2. The first-order chi connectivity index (χ1) is 18.5. The van der Waals surface area contributed by atoms with Gasteiger partial charge in [-0.2, -0.15) is 0 Å². The van der Waals surface area contributed by atoms with Crippen molar-refractivity contribution in [2.45, 2.75) is 19.6 Å². The highest BCUT2D eigenvalue weighted by atomic mass is 16.5. The molecule has 6 heteroatoms. The van der Waals surface area contributed by atoms with Crippen LogP contribution in [0.15, 0.2) is 109 Å². The monoisotopic (exact) mass is 505 g/mol. The zero-order chi connectivity index (χ0) is 26.6. The second-order valence-electron chi connectivity index (χ2n) is 9.03. The van der Waals surface area contributed by atoms with E-state index >= 15 is 0 Å². The lowest BCUT2D eigenvalue weighted by molar-refractivity contribution is -0.132. The molecule has 1 heterocycles. The van der Waals surface area contributed by atoms with Crippen molar-refractivity contribution >= 4 is 23.1 Å². The van der Waals surface area contributed by atoms with Crippen LogP contribution in [-0.2, 0) is 16.2 Å². The first-order valence-corrected chi connectivity index (χ1v) is 12.3. The van der Waals surface area contributed by atoms with E-state index in [0.717, 1.165) is 11.1 Å². The predicted molar refractivity (Wildman–Crippen MR) is 146 cm³/mol. The van der Waals surface area contributed by atoms with Crippen molar-refractivity contribution in [1.29, 1.82) is 0 Å². The Balaban J connectivity index is 1.55. The molecule has 190 valence electrons. The van der Waals surface area contributed by atoms with Gasteiger partial charge in [0.15, 0.2) is 0 Å². The molecule has 5 rings (SSSR count). The Morgan fingerprint density at radius 2 is 1.53 bits per heavy atom. The van der Waals surface area contributed by atoms with Gasteiger partial charge in [0, 0.05) is 11.3 Å². The molecule has 6 nitrogen and oxygen atoms in total. The lowest BCUT2D eigenvalue weighted by Gasteiger charge is -2.25. The Morgan fingerprint density at radius 1 is 0.868 bits per heavy atom. The topological polar surface area (TPSA) is 76.1 Å². The Kier molecular flexibility index (Phi) is 6.96. The van der Waals surface area contributed by atoms with Gasteiger partial charge >= 0.3 is 0 Å². The van der Waals surface area contributed by atoms with Crippen LogP contribution in [-0.4, -0.2) is 23.9 Å². The Labute approximate surface area is 221 Å². The average Bonchev–Trinajstić information content (AvgIpc) is 3.23. The second kappa shape index (κ2) is 10.6. The molecule has 0 saturated carbocycles. The molecule has 1 aliphatic heterocycles. The second-order valence-corrected chi connectivity index (χ2v) is 9.03. The zero-order valence-electron chi connectivity index (χ0n) is 21.1. The van der Waals surface area contributed by atoms with Gasteiger partial charge < -0.3 is 14.6 Å². The molecule has 1 unspecified atom stereocenters. The van der Waals surface area contributed by atoms with Crippen LogP contribution in [0.5, 0.6) is 11.5 Å². The third-order valence-electron chi connectivity index (χ3n) is 6.60. The minimum Gasteiger partial charge on any atom is -0.507 e. The molecule has 0 aliphatic carbocycles. The number of aliphatic hydroxyl groups is 1. The highest BCUT2D eigenvalue weighted by molar-refractivity contribution is 6.51. The maximum absolute atomic E-state index is 13.4. The number of Topliss-reactive ketones (excluding diaryl/α,β-unsaturated/α-hetero) is 1. The molecule has 0 bridgehead atoms. The average molecular weight is 506 g/mol. The number of ether oxygens (including phenoxy) is 2. The molecule has 1 atom stereocenters. The smallest absolute Gasteiger partial charge is 0.300 e. The number of rotatable bonds is 7. The molecule has 0 spiro atoms. The fourth-order valence-electron chi connectivity index (χ4n) is 4.64. The molecular weight excluding hydrogens is 478 g/mol. The van der Waals surface area contributed by atoms with Crippen molar-refractivity contribution in [1.82, 2.24) is 0 Å². The summed E-state index contributed by atoms with van der Waals surface area (Å²) in [4.78, 5) is 28.1. The van der Waals surface area contributed by atoms with E-state index in [2.05, 4.69) is 0 Å². The van der Waals surface area contributed by atoms with Crippen molar-refractivity contribution in [3.63, 3.8) is 0 Å². The number of amides is 1.